The molecule has 4 heteroatoms. The molecule has 1 aromatic carbocycles. The maximum absolute atomic E-state index is 11.1. The Labute approximate surface area is 157 Å². The van der Waals surface area contributed by atoms with Gasteiger partial charge >= 0.3 is 0 Å². The molecular weight excluding hydrogens is 332 g/mol. The van der Waals surface area contributed by atoms with Crippen molar-refractivity contribution in [2.45, 2.75) is 84.8 Å². The Morgan fingerprint density at radius 3 is 1.80 bits per heavy atom. The Balaban J connectivity index is 3.28. The van der Waals surface area contributed by atoms with Crippen LogP contribution < -0.4 is 0 Å². The quantitative estimate of drug-likeness (QED) is 0.670. The number of thioether (sulfide) groups is 1. The average molecular weight is 367 g/mol. The number of carbonyl (C=O) groups is 1. The van der Waals surface area contributed by atoms with Crippen LogP contribution in [0.15, 0.2) is 12.1 Å². The SMILES string of the molecule is CC(=O)SCCC(O)C(O)c1c(C(C)C)cc(C(C)C)cc1C(C)C. The molecule has 3 nitrogen and oxygen atoms in total. The van der Waals surface area contributed by atoms with Crippen LogP contribution in [0.2, 0.25) is 0 Å². The lowest BCUT2D eigenvalue weighted by molar-refractivity contribution is -0.109. The molecule has 0 radical (unpaired) electrons. The normalized spacial score (nSPS) is 14.4. The Morgan fingerprint density at radius 1 is 0.960 bits per heavy atom. The van der Waals surface area contributed by atoms with E-state index in [9.17, 15) is 15.0 Å². The van der Waals surface area contributed by atoms with E-state index in [2.05, 4.69) is 53.7 Å². The fourth-order valence-corrected chi connectivity index (χ4v) is 3.67. The summed E-state index contributed by atoms with van der Waals surface area (Å²) in [6, 6.07) is 4.35. The molecule has 0 saturated carbocycles. The molecule has 142 valence electrons. The summed E-state index contributed by atoms with van der Waals surface area (Å²) < 4.78 is 0. The Hall–Kier alpha value is -0.840. The van der Waals surface area contributed by atoms with Crippen molar-refractivity contribution in [3.05, 3.63) is 34.4 Å². The fourth-order valence-electron chi connectivity index (χ4n) is 3.03. The largest absolute Gasteiger partial charge is 0.390 e. The zero-order chi connectivity index (χ0) is 19.3. The first-order valence-corrected chi connectivity index (χ1v) is 10.2. The zero-order valence-electron chi connectivity index (χ0n) is 16.7. The van der Waals surface area contributed by atoms with Gasteiger partial charge in [-0.05, 0) is 46.4 Å². The molecular formula is C21H34O3S. The number of benzene rings is 1. The smallest absolute Gasteiger partial charge is 0.185 e. The Bertz CT molecular complexity index is 549. The van der Waals surface area contributed by atoms with E-state index in [0.717, 1.165) is 16.7 Å². The van der Waals surface area contributed by atoms with Crippen molar-refractivity contribution in [1.29, 1.82) is 0 Å². The van der Waals surface area contributed by atoms with E-state index in [1.807, 2.05) is 0 Å². The predicted octanol–water partition coefficient (Wildman–Crippen LogP) is 5.12. The minimum Gasteiger partial charge on any atom is -0.390 e. The third-order valence-electron chi connectivity index (χ3n) is 4.56. The van der Waals surface area contributed by atoms with Crippen molar-refractivity contribution < 1.29 is 15.0 Å². The first kappa shape index (κ1) is 22.2. The monoisotopic (exact) mass is 366 g/mol. The highest BCUT2D eigenvalue weighted by Gasteiger charge is 2.27. The van der Waals surface area contributed by atoms with Crippen LogP contribution >= 0.6 is 11.8 Å². The summed E-state index contributed by atoms with van der Waals surface area (Å²) in [6.07, 6.45) is -1.40. The lowest BCUT2D eigenvalue weighted by Crippen LogP contribution is -2.23. The fraction of sp³-hybridized carbons (Fsp3) is 0.667. The van der Waals surface area contributed by atoms with E-state index in [-0.39, 0.29) is 17.0 Å². The molecule has 2 N–H and O–H groups in total. The van der Waals surface area contributed by atoms with Gasteiger partial charge in [0.05, 0.1) is 6.10 Å². The van der Waals surface area contributed by atoms with Crippen molar-refractivity contribution in [3.8, 4) is 0 Å². The summed E-state index contributed by atoms with van der Waals surface area (Å²) in [4.78, 5) is 11.1. The van der Waals surface area contributed by atoms with E-state index in [1.54, 1.807) is 0 Å². The van der Waals surface area contributed by atoms with Gasteiger partial charge in [0.25, 0.3) is 0 Å². The predicted molar refractivity (Wildman–Crippen MR) is 107 cm³/mol. The summed E-state index contributed by atoms with van der Waals surface area (Å²) in [5.74, 6) is 1.46. The van der Waals surface area contributed by atoms with Crippen molar-refractivity contribution >= 4 is 16.9 Å². The summed E-state index contributed by atoms with van der Waals surface area (Å²) in [5.41, 5.74) is 4.36. The minimum atomic E-state index is -0.927. The summed E-state index contributed by atoms with van der Waals surface area (Å²) in [5, 5.41) is 21.4. The van der Waals surface area contributed by atoms with Crippen molar-refractivity contribution in [1.82, 2.24) is 0 Å². The lowest BCUT2D eigenvalue weighted by Gasteiger charge is -2.28. The molecule has 0 amide bonds. The van der Waals surface area contributed by atoms with E-state index < -0.39 is 12.2 Å². The maximum atomic E-state index is 11.1. The second-order valence-electron chi connectivity index (χ2n) is 7.72. The second kappa shape index (κ2) is 9.75. The molecule has 25 heavy (non-hydrogen) atoms. The highest BCUT2D eigenvalue weighted by Crippen LogP contribution is 2.37. The van der Waals surface area contributed by atoms with E-state index in [1.165, 1.54) is 24.2 Å². The maximum Gasteiger partial charge on any atom is 0.185 e. The summed E-state index contributed by atoms with van der Waals surface area (Å²) >= 11 is 1.19. The first-order valence-electron chi connectivity index (χ1n) is 9.23. The molecule has 0 fully saturated rings. The van der Waals surface area contributed by atoms with E-state index >= 15 is 0 Å². The number of carbonyl (C=O) groups excluding carboxylic acids is 1. The van der Waals surface area contributed by atoms with Crippen LogP contribution in [-0.2, 0) is 4.79 Å². The molecule has 1 aromatic rings. The van der Waals surface area contributed by atoms with E-state index in [4.69, 9.17) is 0 Å². The van der Waals surface area contributed by atoms with Crippen LogP contribution in [0.3, 0.4) is 0 Å². The van der Waals surface area contributed by atoms with Crippen LogP contribution in [-0.4, -0.2) is 27.2 Å². The highest BCUT2D eigenvalue weighted by atomic mass is 32.2. The van der Waals surface area contributed by atoms with Gasteiger partial charge in [0.1, 0.15) is 6.10 Å². The lowest BCUT2D eigenvalue weighted by atomic mass is 9.81. The zero-order valence-corrected chi connectivity index (χ0v) is 17.5. The van der Waals surface area contributed by atoms with Crippen LogP contribution in [0.4, 0.5) is 0 Å². The number of hydrogen-bond acceptors (Lipinski definition) is 4. The van der Waals surface area contributed by atoms with Gasteiger partial charge in [-0.25, -0.2) is 0 Å². The highest BCUT2D eigenvalue weighted by molar-refractivity contribution is 8.13. The molecule has 0 aliphatic rings. The molecule has 0 bridgehead atoms. The number of rotatable bonds is 8. The molecule has 2 unspecified atom stereocenters. The Kier molecular flexibility index (Phi) is 8.66. The van der Waals surface area contributed by atoms with Gasteiger partial charge in [-0.1, -0.05) is 65.4 Å². The number of aliphatic hydroxyl groups excluding tert-OH is 2. The van der Waals surface area contributed by atoms with Crippen molar-refractivity contribution in [2.24, 2.45) is 0 Å². The molecule has 0 saturated heterocycles. The standard InChI is InChI=1S/C21H34O3S/c1-12(2)16-10-17(13(3)4)20(18(11-16)14(5)6)21(24)19(23)8-9-25-15(7)22/h10-14,19,21,23-24H,8-9H2,1-7H3. The third kappa shape index (κ3) is 6.12. The number of aliphatic hydroxyl groups is 2. The number of hydrogen-bond donors (Lipinski definition) is 2. The molecule has 0 aliphatic carbocycles. The van der Waals surface area contributed by atoms with Gasteiger partial charge in [0.15, 0.2) is 5.12 Å². The minimum absolute atomic E-state index is 0.0358. The van der Waals surface area contributed by atoms with Gasteiger partial charge < -0.3 is 10.2 Å². The van der Waals surface area contributed by atoms with Gasteiger partial charge in [-0.15, -0.1) is 0 Å². The first-order chi connectivity index (χ1) is 11.6. The molecule has 2 atom stereocenters. The topological polar surface area (TPSA) is 57.5 Å². The van der Waals surface area contributed by atoms with Crippen LogP contribution in [0, 0.1) is 0 Å². The van der Waals surface area contributed by atoms with Crippen LogP contribution in [0.5, 0.6) is 0 Å². The third-order valence-corrected chi connectivity index (χ3v) is 5.40. The molecule has 1 rings (SSSR count). The second-order valence-corrected chi connectivity index (χ2v) is 8.99. The van der Waals surface area contributed by atoms with E-state index in [0.29, 0.717) is 18.1 Å². The summed E-state index contributed by atoms with van der Waals surface area (Å²) in [6.45, 7) is 14.4. The molecule has 0 aromatic heterocycles. The van der Waals surface area contributed by atoms with Crippen molar-refractivity contribution in [3.63, 3.8) is 0 Å². The Morgan fingerprint density at radius 2 is 1.44 bits per heavy atom. The summed E-state index contributed by atoms with van der Waals surface area (Å²) in [7, 11) is 0. The van der Waals surface area contributed by atoms with Crippen LogP contribution in [0.1, 0.15) is 101 Å². The van der Waals surface area contributed by atoms with Gasteiger partial charge in [0.2, 0.25) is 0 Å². The van der Waals surface area contributed by atoms with Gasteiger partial charge in [0, 0.05) is 12.7 Å². The molecule has 0 aliphatic heterocycles. The average Bonchev–Trinajstić information content (AvgIpc) is 2.51. The van der Waals surface area contributed by atoms with Crippen molar-refractivity contribution in [2.75, 3.05) is 5.75 Å². The molecule has 0 heterocycles. The van der Waals surface area contributed by atoms with Gasteiger partial charge in [-0.2, -0.15) is 0 Å². The van der Waals surface area contributed by atoms with Gasteiger partial charge in [-0.3, -0.25) is 4.79 Å². The van der Waals surface area contributed by atoms with Crippen LogP contribution in [0.25, 0.3) is 0 Å². The molecule has 0 spiro atoms.